The topological polar surface area (TPSA) is 108 Å². The van der Waals surface area contributed by atoms with Gasteiger partial charge in [-0.3, -0.25) is 18.7 Å². The van der Waals surface area contributed by atoms with Gasteiger partial charge in [-0.1, -0.05) is 11.8 Å². The highest BCUT2D eigenvalue weighted by Gasteiger charge is 2.14. The number of carboxylic acid groups (broad SMARTS) is 1. The Hall–Kier alpha value is -2.62. The van der Waals surface area contributed by atoms with Crippen LogP contribution < -0.4 is 5.56 Å². The molecule has 3 rings (SSSR count). The molecule has 0 saturated heterocycles. The van der Waals surface area contributed by atoms with E-state index in [-0.39, 0.29) is 11.3 Å². The molecule has 0 saturated carbocycles. The van der Waals surface area contributed by atoms with E-state index < -0.39 is 5.97 Å². The average Bonchev–Trinajstić information content (AvgIpc) is 3.19. The van der Waals surface area contributed by atoms with Crippen LogP contribution in [0.3, 0.4) is 0 Å². The number of hydrogen-bond donors (Lipinski definition) is 1. The van der Waals surface area contributed by atoms with Gasteiger partial charge in [0.1, 0.15) is 5.52 Å². The lowest BCUT2D eigenvalue weighted by molar-refractivity contribution is 0.0689. The number of nitrogens with zero attached hydrogens (tertiary/aromatic N) is 6. The number of aryl methyl sites for hydroxylation is 1. The Morgan fingerprint density at radius 1 is 1.25 bits per heavy atom. The molecule has 0 aliphatic carbocycles. The van der Waals surface area contributed by atoms with Crippen molar-refractivity contribution in [1.82, 2.24) is 29.1 Å². The van der Waals surface area contributed by atoms with Crippen LogP contribution in [0.1, 0.15) is 24.3 Å². The Bertz CT molecular complexity index is 957. The molecule has 0 aromatic carbocycles. The fraction of sp³-hybridized carbons (Fsp3) is 0.357. The molecule has 0 unspecified atom stereocenters. The standard InChI is InChI=1S/C14H16N6O3S/c1-3-18-7-10-11(17-18)12(21)20(4-2)14(15-10)24-8-19-6-5-9(16-19)13(22)23/h5-7H,3-4,8H2,1-2H3,(H,22,23). The van der Waals surface area contributed by atoms with E-state index in [2.05, 4.69) is 15.2 Å². The van der Waals surface area contributed by atoms with E-state index in [9.17, 15) is 9.59 Å². The third-order valence-corrected chi connectivity index (χ3v) is 4.43. The Balaban J connectivity index is 1.92. The number of fused-ring (bicyclic) bond motifs is 1. The van der Waals surface area contributed by atoms with Gasteiger partial charge in [0.25, 0.3) is 5.56 Å². The lowest BCUT2D eigenvalue weighted by Crippen LogP contribution is -2.22. The zero-order valence-electron chi connectivity index (χ0n) is 13.2. The van der Waals surface area contributed by atoms with E-state index in [0.717, 1.165) is 0 Å². The summed E-state index contributed by atoms with van der Waals surface area (Å²) < 4.78 is 4.74. The van der Waals surface area contributed by atoms with Gasteiger partial charge in [0.2, 0.25) is 0 Å². The second kappa shape index (κ2) is 6.48. The van der Waals surface area contributed by atoms with Crippen LogP contribution in [0.2, 0.25) is 0 Å². The summed E-state index contributed by atoms with van der Waals surface area (Å²) in [5, 5.41) is 17.6. The lowest BCUT2D eigenvalue weighted by Gasteiger charge is -2.09. The molecule has 24 heavy (non-hydrogen) atoms. The summed E-state index contributed by atoms with van der Waals surface area (Å²) in [6.45, 7) is 4.95. The molecule has 0 aliphatic rings. The molecule has 0 bridgehead atoms. The molecule has 3 heterocycles. The third kappa shape index (κ3) is 2.92. The molecule has 9 nitrogen and oxygen atoms in total. The first-order valence-corrected chi connectivity index (χ1v) is 8.39. The molecular weight excluding hydrogens is 332 g/mol. The maximum Gasteiger partial charge on any atom is 0.356 e. The number of carboxylic acids is 1. The van der Waals surface area contributed by atoms with Gasteiger partial charge in [0.15, 0.2) is 16.4 Å². The molecule has 10 heteroatoms. The SMILES string of the molecule is CCn1cc2nc(SCn3ccc(C(=O)O)n3)n(CC)c(=O)c2n1. The molecule has 126 valence electrons. The van der Waals surface area contributed by atoms with Crippen molar-refractivity contribution in [1.29, 1.82) is 0 Å². The number of thioether (sulfide) groups is 1. The minimum atomic E-state index is -1.07. The van der Waals surface area contributed by atoms with Gasteiger partial charge in [0, 0.05) is 19.3 Å². The van der Waals surface area contributed by atoms with E-state index >= 15 is 0 Å². The highest BCUT2D eigenvalue weighted by Crippen LogP contribution is 2.19. The molecule has 0 atom stereocenters. The van der Waals surface area contributed by atoms with Crippen molar-refractivity contribution in [2.75, 3.05) is 0 Å². The number of aromatic carboxylic acids is 1. The molecule has 0 amide bonds. The predicted molar refractivity (Wildman–Crippen MR) is 88.2 cm³/mol. The number of hydrogen-bond acceptors (Lipinski definition) is 6. The Kier molecular flexibility index (Phi) is 4.38. The van der Waals surface area contributed by atoms with Gasteiger partial charge < -0.3 is 5.11 Å². The van der Waals surface area contributed by atoms with Crippen molar-refractivity contribution in [3.63, 3.8) is 0 Å². The van der Waals surface area contributed by atoms with Gasteiger partial charge in [-0.15, -0.1) is 0 Å². The van der Waals surface area contributed by atoms with Crippen LogP contribution in [0.25, 0.3) is 11.0 Å². The lowest BCUT2D eigenvalue weighted by atomic mass is 10.4. The van der Waals surface area contributed by atoms with Crippen LogP contribution in [-0.4, -0.2) is 40.2 Å². The number of aromatic nitrogens is 6. The van der Waals surface area contributed by atoms with E-state index in [1.54, 1.807) is 21.6 Å². The minimum absolute atomic E-state index is 0.0175. The van der Waals surface area contributed by atoms with Crippen molar-refractivity contribution in [3.05, 3.63) is 34.5 Å². The van der Waals surface area contributed by atoms with Gasteiger partial charge in [-0.05, 0) is 19.9 Å². The van der Waals surface area contributed by atoms with E-state index in [1.807, 2.05) is 13.8 Å². The van der Waals surface area contributed by atoms with Crippen molar-refractivity contribution >= 4 is 28.8 Å². The maximum atomic E-state index is 12.5. The fourth-order valence-corrected chi connectivity index (χ4v) is 3.17. The molecule has 0 fully saturated rings. The molecule has 0 aliphatic heterocycles. The quantitative estimate of drug-likeness (QED) is 0.528. The molecule has 0 spiro atoms. The Morgan fingerprint density at radius 2 is 2.04 bits per heavy atom. The highest BCUT2D eigenvalue weighted by atomic mass is 32.2. The zero-order chi connectivity index (χ0) is 17.3. The summed E-state index contributed by atoms with van der Waals surface area (Å²) in [5.74, 6) is -0.719. The Labute approximate surface area is 140 Å². The highest BCUT2D eigenvalue weighted by molar-refractivity contribution is 7.98. The predicted octanol–water partition coefficient (Wildman–Crippen LogP) is 1.28. The number of rotatable bonds is 6. The molecule has 0 radical (unpaired) electrons. The van der Waals surface area contributed by atoms with E-state index in [4.69, 9.17) is 5.11 Å². The summed E-state index contributed by atoms with van der Waals surface area (Å²) in [4.78, 5) is 27.9. The van der Waals surface area contributed by atoms with Crippen LogP contribution in [0.4, 0.5) is 0 Å². The summed E-state index contributed by atoms with van der Waals surface area (Å²) in [5.41, 5.74) is 0.719. The van der Waals surface area contributed by atoms with Crippen LogP contribution in [0.15, 0.2) is 28.4 Å². The zero-order valence-corrected chi connectivity index (χ0v) is 14.0. The largest absolute Gasteiger partial charge is 0.476 e. The van der Waals surface area contributed by atoms with E-state index in [0.29, 0.717) is 35.2 Å². The summed E-state index contributed by atoms with van der Waals surface area (Å²) in [7, 11) is 0. The van der Waals surface area contributed by atoms with Gasteiger partial charge in [-0.2, -0.15) is 10.2 Å². The Morgan fingerprint density at radius 3 is 2.67 bits per heavy atom. The van der Waals surface area contributed by atoms with Crippen molar-refractivity contribution < 1.29 is 9.90 Å². The molecular formula is C14H16N6O3S. The average molecular weight is 348 g/mol. The normalized spacial score (nSPS) is 11.2. The van der Waals surface area contributed by atoms with Crippen LogP contribution >= 0.6 is 11.8 Å². The van der Waals surface area contributed by atoms with E-state index in [1.165, 1.54) is 22.5 Å². The first-order valence-electron chi connectivity index (χ1n) is 7.41. The summed E-state index contributed by atoms with van der Waals surface area (Å²) in [6, 6.07) is 1.43. The monoisotopic (exact) mass is 348 g/mol. The summed E-state index contributed by atoms with van der Waals surface area (Å²) >= 11 is 1.32. The fourth-order valence-electron chi connectivity index (χ4n) is 2.25. The maximum absolute atomic E-state index is 12.5. The first kappa shape index (κ1) is 16.2. The van der Waals surface area contributed by atoms with Crippen LogP contribution in [-0.2, 0) is 19.0 Å². The second-order valence-corrected chi connectivity index (χ2v) is 5.89. The van der Waals surface area contributed by atoms with Crippen LogP contribution in [0, 0.1) is 0 Å². The minimum Gasteiger partial charge on any atom is -0.476 e. The van der Waals surface area contributed by atoms with Gasteiger partial charge >= 0.3 is 5.97 Å². The van der Waals surface area contributed by atoms with Gasteiger partial charge in [-0.25, -0.2) is 9.78 Å². The van der Waals surface area contributed by atoms with Gasteiger partial charge in [0.05, 0.1) is 12.1 Å². The van der Waals surface area contributed by atoms with Crippen molar-refractivity contribution in [2.45, 2.75) is 38.0 Å². The summed E-state index contributed by atoms with van der Waals surface area (Å²) in [6.07, 6.45) is 3.33. The second-order valence-electron chi connectivity index (χ2n) is 4.98. The molecule has 3 aromatic heterocycles. The van der Waals surface area contributed by atoms with Crippen molar-refractivity contribution in [2.24, 2.45) is 0 Å². The number of carbonyl (C=O) groups is 1. The molecule has 1 N–H and O–H groups in total. The van der Waals surface area contributed by atoms with Crippen molar-refractivity contribution in [3.8, 4) is 0 Å². The first-order chi connectivity index (χ1) is 11.5. The third-order valence-electron chi connectivity index (χ3n) is 3.46. The molecule has 3 aromatic rings. The smallest absolute Gasteiger partial charge is 0.356 e. The van der Waals surface area contributed by atoms with Crippen LogP contribution in [0.5, 0.6) is 0 Å².